The molecule has 2 amide bonds. The van der Waals surface area contributed by atoms with Gasteiger partial charge in [0.15, 0.2) is 0 Å². The van der Waals surface area contributed by atoms with Crippen LogP contribution in [-0.2, 0) is 27.3 Å². The number of ether oxygens (including phenoxy) is 2. The van der Waals surface area contributed by atoms with Crippen molar-refractivity contribution in [2.75, 3.05) is 38.8 Å². The van der Waals surface area contributed by atoms with E-state index in [1.165, 1.54) is 7.11 Å². The predicted molar refractivity (Wildman–Crippen MR) is 115 cm³/mol. The molecular formula is C23H28N4O4. The van der Waals surface area contributed by atoms with Crippen LogP contribution in [0.3, 0.4) is 0 Å². The fourth-order valence-electron chi connectivity index (χ4n) is 4.38. The highest BCUT2D eigenvalue weighted by Gasteiger charge is 2.34. The minimum atomic E-state index is -0.0157. The first kappa shape index (κ1) is 21.2. The van der Waals surface area contributed by atoms with Crippen molar-refractivity contribution in [1.82, 2.24) is 14.9 Å². The zero-order valence-corrected chi connectivity index (χ0v) is 18.3. The van der Waals surface area contributed by atoms with E-state index in [0.717, 1.165) is 42.0 Å². The number of likely N-dealkylation sites (tertiary alicyclic amines) is 1. The molecule has 0 unspecified atom stereocenters. The fraction of sp³-hybridized carbons (Fsp3) is 0.478. The SMILES string of the molecule is COCC(=O)N1CCC[C@@H](c2nc(C)c3c(n2)N(Cc2ccccc2OC)C(=O)C3)C1. The molecule has 2 aromatic rings. The molecular weight excluding hydrogens is 396 g/mol. The normalized spacial score (nSPS) is 18.3. The Morgan fingerprint density at radius 1 is 1.23 bits per heavy atom. The first-order valence-corrected chi connectivity index (χ1v) is 10.6. The Labute approximate surface area is 182 Å². The van der Waals surface area contributed by atoms with E-state index in [1.807, 2.05) is 36.1 Å². The number of carbonyl (C=O) groups is 2. The summed E-state index contributed by atoms with van der Waals surface area (Å²) in [5.41, 5.74) is 2.64. The van der Waals surface area contributed by atoms with Crippen LogP contribution in [0.1, 0.15) is 41.4 Å². The van der Waals surface area contributed by atoms with Crippen LogP contribution in [0.15, 0.2) is 24.3 Å². The molecule has 8 heteroatoms. The Morgan fingerprint density at radius 2 is 2.03 bits per heavy atom. The lowest BCUT2D eigenvalue weighted by Crippen LogP contribution is -2.41. The number of nitrogens with zero attached hydrogens (tertiary/aromatic N) is 4. The molecule has 8 nitrogen and oxygen atoms in total. The van der Waals surface area contributed by atoms with E-state index in [1.54, 1.807) is 12.0 Å². The standard InChI is InChI=1S/C23H28N4O4/c1-15-18-11-20(28)27(13-16-7-4-5-9-19(16)31-3)23(18)25-22(24-15)17-8-6-10-26(12-17)21(29)14-30-2/h4-5,7,9,17H,6,8,10-14H2,1-3H3/t17-/m1/s1. The summed E-state index contributed by atoms with van der Waals surface area (Å²) in [4.78, 5) is 38.2. The molecule has 0 N–H and O–H groups in total. The van der Waals surface area contributed by atoms with E-state index in [0.29, 0.717) is 31.2 Å². The van der Waals surface area contributed by atoms with Crippen molar-refractivity contribution in [2.24, 2.45) is 0 Å². The number of hydrogen-bond acceptors (Lipinski definition) is 6. The molecule has 3 heterocycles. The zero-order chi connectivity index (χ0) is 22.0. The summed E-state index contributed by atoms with van der Waals surface area (Å²) in [6.45, 7) is 3.70. The lowest BCUT2D eigenvalue weighted by Gasteiger charge is -2.32. The van der Waals surface area contributed by atoms with Gasteiger partial charge >= 0.3 is 0 Å². The monoisotopic (exact) mass is 424 g/mol. The fourth-order valence-corrected chi connectivity index (χ4v) is 4.38. The molecule has 2 aliphatic rings. The van der Waals surface area contributed by atoms with Gasteiger partial charge in [-0.05, 0) is 25.8 Å². The molecule has 0 saturated carbocycles. The van der Waals surface area contributed by atoms with Crippen molar-refractivity contribution < 1.29 is 19.1 Å². The van der Waals surface area contributed by atoms with Crippen molar-refractivity contribution in [3.63, 3.8) is 0 Å². The maximum Gasteiger partial charge on any atom is 0.248 e. The summed E-state index contributed by atoms with van der Waals surface area (Å²) in [5, 5.41) is 0. The number of para-hydroxylation sites is 1. The van der Waals surface area contributed by atoms with Gasteiger partial charge in [-0.25, -0.2) is 9.97 Å². The topological polar surface area (TPSA) is 84.9 Å². The number of methoxy groups -OCH3 is 2. The van der Waals surface area contributed by atoms with Crippen LogP contribution in [-0.4, -0.2) is 60.6 Å². The van der Waals surface area contributed by atoms with Gasteiger partial charge < -0.3 is 14.4 Å². The third-order valence-electron chi connectivity index (χ3n) is 6.02. The minimum Gasteiger partial charge on any atom is -0.496 e. The van der Waals surface area contributed by atoms with Gasteiger partial charge in [-0.3, -0.25) is 14.5 Å². The first-order chi connectivity index (χ1) is 15.0. The van der Waals surface area contributed by atoms with Crippen LogP contribution in [0.2, 0.25) is 0 Å². The highest BCUT2D eigenvalue weighted by Crippen LogP contribution is 2.34. The first-order valence-electron chi connectivity index (χ1n) is 10.6. The summed E-state index contributed by atoms with van der Waals surface area (Å²) in [5.74, 6) is 2.16. The summed E-state index contributed by atoms with van der Waals surface area (Å²) in [6.07, 6.45) is 2.11. The predicted octanol–water partition coefficient (Wildman–Crippen LogP) is 2.24. The number of aryl methyl sites for hydroxylation is 1. The second-order valence-corrected chi connectivity index (χ2v) is 8.05. The molecule has 1 fully saturated rings. The maximum absolute atomic E-state index is 12.8. The Hall–Kier alpha value is -3.00. The average Bonchev–Trinajstić information content (AvgIpc) is 3.10. The quantitative estimate of drug-likeness (QED) is 0.707. The number of aromatic nitrogens is 2. The summed E-state index contributed by atoms with van der Waals surface area (Å²) in [6, 6.07) is 7.69. The number of hydrogen-bond donors (Lipinski definition) is 0. The average molecular weight is 425 g/mol. The van der Waals surface area contributed by atoms with Gasteiger partial charge in [0.05, 0.1) is 20.1 Å². The van der Waals surface area contributed by atoms with Gasteiger partial charge in [0.2, 0.25) is 11.8 Å². The van der Waals surface area contributed by atoms with E-state index in [4.69, 9.17) is 19.4 Å². The minimum absolute atomic E-state index is 0.0102. The second kappa shape index (κ2) is 9.01. The van der Waals surface area contributed by atoms with Crippen LogP contribution in [0.25, 0.3) is 0 Å². The number of carbonyl (C=O) groups excluding carboxylic acids is 2. The van der Waals surface area contributed by atoms with Crippen LogP contribution in [0.4, 0.5) is 5.82 Å². The van der Waals surface area contributed by atoms with Crippen molar-refractivity contribution in [3.8, 4) is 5.75 Å². The molecule has 1 saturated heterocycles. The number of anilines is 1. The summed E-state index contributed by atoms with van der Waals surface area (Å²) >= 11 is 0. The third kappa shape index (κ3) is 4.25. The van der Waals surface area contributed by atoms with Crippen LogP contribution >= 0.6 is 0 Å². The summed E-state index contributed by atoms with van der Waals surface area (Å²) < 4.78 is 10.5. The number of fused-ring (bicyclic) bond motifs is 1. The largest absolute Gasteiger partial charge is 0.496 e. The lowest BCUT2D eigenvalue weighted by molar-refractivity contribution is -0.136. The van der Waals surface area contributed by atoms with Gasteiger partial charge in [0.25, 0.3) is 0 Å². The maximum atomic E-state index is 12.8. The molecule has 2 aliphatic heterocycles. The van der Waals surface area contributed by atoms with E-state index < -0.39 is 0 Å². The number of piperidine rings is 1. The van der Waals surface area contributed by atoms with Gasteiger partial charge in [0.1, 0.15) is 24.0 Å². The van der Waals surface area contributed by atoms with E-state index >= 15 is 0 Å². The van der Waals surface area contributed by atoms with Crippen LogP contribution in [0.5, 0.6) is 5.75 Å². The van der Waals surface area contributed by atoms with E-state index in [-0.39, 0.29) is 24.3 Å². The number of rotatable bonds is 6. The van der Waals surface area contributed by atoms with Crippen molar-refractivity contribution in [3.05, 3.63) is 46.9 Å². The molecule has 1 aromatic carbocycles. The number of benzene rings is 1. The molecule has 1 atom stereocenters. The molecule has 0 spiro atoms. The molecule has 0 radical (unpaired) electrons. The Kier molecular flexibility index (Phi) is 6.18. The Morgan fingerprint density at radius 3 is 2.81 bits per heavy atom. The van der Waals surface area contributed by atoms with Crippen LogP contribution in [0, 0.1) is 6.92 Å². The van der Waals surface area contributed by atoms with Gasteiger partial charge in [-0.15, -0.1) is 0 Å². The van der Waals surface area contributed by atoms with Gasteiger partial charge in [0, 0.05) is 42.9 Å². The van der Waals surface area contributed by atoms with Crippen molar-refractivity contribution in [2.45, 2.75) is 38.6 Å². The van der Waals surface area contributed by atoms with Crippen molar-refractivity contribution in [1.29, 1.82) is 0 Å². The van der Waals surface area contributed by atoms with E-state index in [2.05, 4.69) is 0 Å². The molecule has 0 bridgehead atoms. The summed E-state index contributed by atoms with van der Waals surface area (Å²) in [7, 11) is 3.16. The number of amides is 2. The second-order valence-electron chi connectivity index (χ2n) is 8.05. The Balaban J connectivity index is 1.62. The smallest absolute Gasteiger partial charge is 0.248 e. The molecule has 1 aromatic heterocycles. The van der Waals surface area contributed by atoms with Gasteiger partial charge in [-0.1, -0.05) is 18.2 Å². The zero-order valence-electron chi connectivity index (χ0n) is 18.3. The van der Waals surface area contributed by atoms with E-state index in [9.17, 15) is 9.59 Å². The van der Waals surface area contributed by atoms with Gasteiger partial charge in [-0.2, -0.15) is 0 Å². The van der Waals surface area contributed by atoms with Crippen molar-refractivity contribution >= 4 is 17.6 Å². The molecule has 4 rings (SSSR count). The Bertz CT molecular complexity index is 994. The lowest BCUT2D eigenvalue weighted by atomic mass is 9.96. The highest BCUT2D eigenvalue weighted by atomic mass is 16.5. The van der Waals surface area contributed by atoms with Crippen LogP contribution < -0.4 is 9.64 Å². The molecule has 31 heavy (non-hydrogen) atoms. The highest BCUT2D eigenvalue weighted by molar-refractivity contribution is 6.00. The third-order valence-corrected chi connectivity index (χ3v) is 6.02. The molecule has 164 valence electrons. The molecule has 0 aliphatic carbocycles.